The normalized spacial score (nSPS) is 14.8. The number of hydrogen-bond acceptors (Lipinski definition) is 3. The number of nitrogens with zero attached hydrogens (tertiary/aromatic N) is 1. The highest BCUT2D eigenvalue weighted by molar-refractivity contribution is 6.29. The lowest BCUT2D eigenvalue weighted by atomic mass is 9.91. The number of aliphatic hydroxyl groups is 1. The lowest BCUT2D eigenvalue weighted by molar-refractivity contribution is 0.0518. The molecule has 1 amide bonds. The minimum atomic E-state index is -0.903. The predicted molar refractivity (Wildman–Crippen MR) is 81.2 cm³/mol. The maximum Gasteiger partial charge on any atom is 0.251 e. The molecule has 0 fully saturated rings. The largest absolute Gasteiger partial charge is 0.388 e. The lowest BCUT2D eigenvalue weighted by Gasteiger charge is -2.22. The van der Waals surface area contributed by atoms with Crippen LogP contribution in [-0.4, -0.2) is 28.1 Å². The van der Waals surface area contributed by atoms with Crippen molar-refractivity contribution in [3.05, 3.63) is 28.5 Å². The van der Waals surface area contributed by atoms with Crippen molar-refractivity contribution in [2.75, 3.05) is 6.54 Å². The first kappa shape index (κ1) is 16.9. The first-order valence-electron chi connectivity index (χ1n) is 6.74. The second kappa shape index (κ2) is 6.10. The molecule has 4 nitrogen and oxygen atoms in total. The molecule has 1 unspecified atom stereocenters. The third-order valence-electron chi connectivity index (χ3n) is 3.22. The Balaban J connectivity index is 2.91. The standard InChI is InChI=1S/C15H23ClN2O2/c1-6-15(5,20)9-17-13(19)10-7-11(14(2,3)4)18-12(16)8-10/h7-8,20H,6,9H2,1-5H3,(H,17,19). The minimum Gasteiger partial charge on any atom is -0.388 e. The molecule has 2 N–H and O–H groups in total. The van der Waals surface area contributed by atoms with Gasteiger partial charge in [-0.15, -0.1) is 0 Å². The summed E-state index contributed by atoms with van der Waals surface area (Å²) in [5, 5.41) is 12.9. The number of carbonyl (C=O) groups is 1. The van der Waals surface area contributed by atoms with E-state index in [1.54, 1.807) is 13.0 Å². The number of rotatable bonds is 4. The van der Waals surface area contributed by atoms with Gasteiger partial charge in [0.15, 0.2) is 0 Å². The summed E-state index contributed by atoms with van der Waals surface area (Å²) in [6, 6.07) is 3.27. The van der Waals surface area contributed by atoms with Crippen LogP contribution in [0, 0.1) is 0 Å². The molecule has 1 aromatic heterocycles. The van der Waals surface area contributed by atoms with Gasteiger partial charge in [0, 0.05) is 23.2 Å². The molecule has 1 atom stereocenters. The van der Waals surface area contributed by atoms with Gasteiger partial charge in [-0.3, -0.25) is 4.79 Å². The van der Waals surface area contributed by atoms with Crippen LogP contribution in [0.2, 0.25) is 5.15 Å². The highest BCUT2D eigenvalue weighted by atomic mass is 35.5. The molecule has 0 aromatic carbocycles. The summed E-state index contributed by atoms with van der Waals surface area (Å²) in [6.07, 6.45) is 0.567. The summed E-state index contributed by atoms with van der Waals surface area (Å²) in [6.45, 7) is 9.79. The maximum absolute atomic E-state index is 12.1. The Morgan fingerprint density at radius 2 is 1.95 bits per heavy atom. The van der Waals surface area contributed by atoms with Crippen molar-refractivity contribution in [2.45, 2.75) is 52.1 Å². The number of amides is 1. The van der Waals surface area contributed by atoms with Gasteiger partial charge in [0.05, 0.1) is 5.60 Å². The zero-order chi connectivity index (χ0) is 15.6. The van der Waals surface area contributed by atoms with Gasteiger partial charge < -0.3 is 10.4 Å². The molecular weight excluding hydrogens is 276 g/mol. The van der Waals surface area contributed by atoms with Crippen molar-refractivity contribution in [1.82, 2.24) is 10.3 Å². The summed E-state index contributed by atoms with van der Waals surface area (Å²) in [7, 11) is 0. The average molecular weight is 299 g/mol. The van der Waals surface area contributed by atoms with E-state index in [0.29, 0.717) is 17.1 Å². The van der Waals surface area contributed by atoms with E-state index in [2.05, 4.69) is 10.3 Å². The van der Waals surface area contributed by atoms with Gasteiger partial charge in [-0.25, -0.2) is 4.98 Å². The Morgan fingerprint density at radius 1 is 1.35 bits per heavy atom. The van der Waals surface area contributed by atoms with Crippen LogP contribution < -0.4 is 5.32 Å². The fourth-order valence-electron chi connectivity index (χ4n) is 1.51. The molecule has 0 aliphatic carbocycles. The summed E-state index contributed by atoms with van der Waals surface area (Å²) < 4.78 is 0. The molecular formula is C15H23ClN2O2. The smallest absolute Gasteiger partial charge is 0.251 e. The van der Waals surface area contributed by atoms with Gasteiger partial charge in [-0.2, -0.15) is 0 Å². The van der Waals surface area contributed by atoms with E-state index >= 15 is 0 Å². The predicted octanol–water partition coefficient (Wildman–Crippen LogP) is 2.92. The Labute approximate surface area is 125 Å². The minimum absolute atomic E-state index is 0.186. The molecule has 1 rings (SSSR count). The van der Waals surface area contributed by atoms with Gasteiger partial charge in [0.1, 0.15) is 5.15 Å². The quantitative estimate of drug-likeness (QED) is 0.840. The molecule has 112 valence electrons. The third-order valence-corrected chi connectivity index (χ3v) is 3.41. The second-order valence-electron chi connectivity index (χ2n) is 6.35. The summed E-state index contributed by atoms with van der Waals surface area (Å²) in [5.74, 6) is -0.256. The Hall–Kier alpha value is -1.13. The van der Waals surface area contributed by atoms with Gasteiger partial charge in [0.2, 0.25) is 0 Å². The Bertz CT molecular complexity index is 493. The number of pyridine rings is 1. The van der Waals surface area contributed by atoms with E-state index in [9.17, 15) is 9.90 Å². The zero-order valence-electron chi connectivity index (χ0n) is 12.7. The highest BCUT2D eigenvalue weighted by Gasteiger charge is 2.21. The van der Waals surface area contributed by atoms with E-state index in [1.807, 2.05) is 27.7 Å². The first-order valence-corrected chi connectivity index (χ1v) is 7.11. The van der Waals surface area contributed by atoms with Crippen molar-refractivity contribution in [2.24, 2.45) is 0 Å². The fraction of sp³-hybridized carbons (Fsp3) is 0.600. The van der Waals surface area contributed by atoms with Crippen molar-refractivity contribution in [3.8, 4) is 0 Å². The number of aromatic nitrogens is 1. The molecule has 0 radical (unpaired) electrons. The van der Waals surface area contributed by atoms with Crippen LogP contribution in [-0.2, 0) is 5.41 Å². The zero-order valence-corrected chi connectivity index (χ0v) is 13.5. The lowest BCUT2D eigenvalue weighted by Crippen LogP contribution is -2.40. The topological polar surface area (TPSA) is 62.2 Å². The van der Waals surface area contributed by atoms with Crippen LogP contribution in [0.4, 0.5) is 0 Å². The SMILES string of the molecule is CCC(C)(O)CNC(=O)c1cc(Cl)nc(C(C)(C)C)c1. The molecule has 0 saturated carbocycles. The van der Waals surface area contributed by atoms with Crippen molar-refractivity contribution < 1.29 is 9.90 Å². The Kier molecular flexibility index (Phi) is 5.16. The van der Waals surface area contributed by atoms with Crippen LogP contribution in [0.1, 0.15) is 57.1 Å². The Morgan fingerprint density at radius 3 is 2.45 bits per heavy atom. The summed E-state index contributed by atoms with van der Waals surface area (Å²) in [5.41, 5.74) is 0.132. The fourth-order valence-corrected chi connectivity index (χ4v) is 1.72. The molecule has 1 heterocycles. The molecule has 0 aliphatic rings. The summed E-state index contributed by atoms with van der Waals surface area (Å²) in [4.78, 5) is 16.4. The van der Waals surface area contributed by atoms with Crippen LogP contribution in [0.3, 0.4) is 0 Å². The van der Waals surface area contributed by atoms with Gasteiger partial charge >= 0.3 is 0 Å². The maximum atomic E-state index is 12.1. The van der Waals surface area contributed by atoms with Crippen molar-refractivity contribution >= 4 is 17.5 Å². The summed E-state index contributed by atoms with van der Waals surface area (Å²) >= 11 is 5.98. The molecule has 0 saturated heterocycles. The highest BCUT2D eigenvalue weighted by Crippen LogP contribution is 2.23. The van der Waals surface area contributed by atoms with Gasteiger partial charge in [0.25, 0.3) is 5.91 Å². The molecule has 1 aromatic rings. The van der Waals surface area contributed by atoms with Gasteiger partial charge in [-0.1, -0.05) is 39.3 Å². The van der Waals surface area contributed by atoms with E-state index in [4.69, 9.17) is 11.6 Å². The number of carbonyl (C=O) groups excluding carboxylic acids is 1. The molecule has 5 heteroatoms. The van der Waals surface area contributed by atoms with E-state index in [0.717, 1.165) is 5.69 Å². The van der Waals surface area contributed by atoms with Crippen molar-refractivity contribution in [1.29, 1.82) is 0 Å². The number of halogens is 1. The molecule has 0 aliphatic heterocycles. The number of nitrogens with one attached hydrogen (secondary N) is 1. The molecule has 0 bridgehead atoms. The second-order valence-corrected chi connectivity index (χ2v) is 6.73. The van der Waals surface area contributed by atoms with Crippen LogP contribution in [0.15, 0.2) is 12.1 Å². The van der Waals surface area contributed by atoms with E-state index in [1.165, 1.54) is 6.07 Å². The van der Waals surface area contributed by atoms with Crippen LogP contribution >= 0.6 is 11.6 Å². The van der Waals surface area contributed by atoms with Crippen LogP contribution in [0.25, 0.3) is 0 Å². The van der Waals surface area contributed by atoms with Gasteiger partial charge in [-0.05, 0) is 25.5 Å². The monoisotopic (exact) mass is 298 g/mol. The molecule has 20 heavy (non-hydrogen) atoms. The third kappa shape index (κ3) is 4.76. The van der Waals surface area contributed by atoms with Crippen LogP contribution in [0.5, 0.6) is 0 Å². The number of hydrogen-bond donors (Lipinski definition) is 2. The first-order chi connectivity index (χ1) is 9.05. The molecule has 0 spiro atoms. The van der Waals surface area contributed by atoms with E-state index < -0.39 is 5.60 Å². The van der Waals surface area contributed by atoms with Crippen molar-refractivity contribution in [3.63, 3.8) is 0 Å². The average Bonchev–Trinajstić information content (AvgIpc) is 2.34. The van der Waals surface area contributed by atoms with E-state index in [-0.39, 0.29) is 17.9 Å².